The van der Waals surface area contributed by atoms with Crippen molar-refractivity contribution >= 4 is 11.8 Å². The molecule has 3 N–H and O–H groups in total. The van der Waals surface area contributed by atoms with Crippen LogP contribution in [0.1, 0.15) is 53.7 Å². The summed E-state index contributed by atoms with van der Waals surface area (Å²) in [5, 5.41) is 7.76. The number of nitrogens with two attached hydrogens (primary N) is 1. The molecule has 2 heterocycles. The third-order valence-electron chi connectivity index (χ3n) is 5.47. The SMILES string of the molecule is COCCN(CCOC)c1nc(N)c2c(n1)CCC2c1cc(C2CC2)[nH]n1. The van der Waals surface area contributed by atoms with Crippen molar-refractivity contribution in [3.63, 3.8) is 0 Å². The summed E-state index contributed by atoms with van der Waals surface area (Å²) in [4.78, 5) is 11.5. The molecule has 2 aliphatic rings. The zero-order valence-electron chi connectivity index (χ0n) is 16.1. The summed E-state index contributed by atoms with van der Waals surface area (Å²) in [6, 6.07) is 2.20. The minimum atomic E-state index is 0.184. The van der Waals surface area contributed by atoms with Crippen molar-refractivity contribution in [2.45, 2.75) is 37.5 Å². The number of hydrogen-bond donors (Lipinski definition) is 2. The molecule has 0 saturated heterocycles. The Morgan fingerprint density at radius 3 is 2.56 bits per heavy atom. The molecule has 27 heavy (non-hydrogen) atoms. The fraction of sp³-hybridized carbons (Fsp3) is 0.632. The predicted octanol–water partition coefficient (Wildman–Crippen LogP) is 1.84. The predicted molar refractivity (Wildman–Crippen MR) is 103 cm³/mol. The Bertz CT molecular complexity index is 781. The largest absolute Gasteiger partial charge is 0.383 e. The van der Waals surface area contributed by atoms with Gasteiger partial charge in [-0.25, -0.2) is 4.98 Å². The first-order chi connectivity index (χ1) is 13.2. The van der Waals surface area contributed by atoms with Crippen LogP contribution in [0.5, 0.6) is 0 Å². The van der Waals surface area contributed by atoms with Gasteiger partial charge >= 0.3 is 0 Å². The van der Waals surface area contributed by atoms with Crippen molar-refractivity contribution in [3.8, 4) is 0 Å². The van der Waals surface area contributed by atoms with Gasteiger partial charge in [0.1, 0.15) is 5.82 Å². The number of aromatic nitrogens is 4. The quantitative estimate of drug-likeness (QED) is 0.692. The molecule has 0 aromatic carbocycles. The Balaban J connectivity index is 1.58. The summed E-state index contributed by atoms with van der Waals surface area (Å²) >= 11 is 0. The maximum absolute atomic E-state index is 6.40. The van der Waals surface area contributed by atoms with Gasteiger partial charge in [0.25, 0.3) is 0 Å². The molecule has 8 heteroatoms. The maximum atomic E-state index is 6.40. The van der Waals surface area contributed by atoms with E-state index in [-0.39, 0.29) is 5.92 Å². The van der Waals surface area contributed by atoms with E-state index < -0.39 is 0 Å². The highest BCUT2D eigenvalue weighted by Gasteiger charge is 2.33. The van der Waals surface area contributed by atoms with Crippen molar-refractivity contribution in [3.05, 3.63) is 28.7 Å². The Morgan fingerprint density at radius 1 is 1.15 bits per heavy atom. The molecule has 0 amide bonds. The number of rotatable bonds is 9. The van der Waals surface area contributed by atoms with E-state index >= 15 is 0 Å². The molecule has 0 spiro atoms. The minimum absolute atomic E-state index is 0.184. The van der Waals surface area contributed by atoms with Gasteiger partial charge < -0.3 is 20.1 Å². The Labute approximate surface area is 159 Å². The smallest absolute Gasteiger partial charge is 0.227 e. The summed E-state index contributed by atoms with van der Waals surface area (Å²) in [6.45, 7) is 2.60. The summed E-state index contributed by atoms with van der Waals surface area (Å²) in [6.07, 6.45) is 4.39. The van der Waals surface area contributed by atoms with Gasteiger partial charge in [0.05, 0.1) is 24.6 Å². The fourth-order valence-corrected chi connectivity index (χ4v) is 3.80. The second-order valence-corrected chi connectivity index (χ2v) is 7.36. The van der Waals surface area contributed by atoms with Gasteiger partial charge in [-0.15, -0.1) is 0 Å². The van der Waals surface area contributed by atoms with Gasteiger partial charge in [-0.3, -0.25) is 5.10 Å². The topological polar surface area (TPSA) is 102 Å². The lowest BCUT2D eigenvalue weighted by atomic mass is 9.98. The number of ether oxygens (including phenoxy) is 2. The average molecular weight is 372 g/mol. The second-order valence-electron chi connectivity index (χ2n) is 7.36. The molecule has 2 aromatic rings. The van der Waals surface area contributed by atoms with Gasteiger partial charge in [-0.05, 0) is 31.7 Å². The molecular formula is C19H28N6O2. The van der Waals surface area contributed by atoms with Gasteiger partial charge in [-0.2, -0.15) is 10.1 Å². The monoisotopic (exact) mass is 372 g/mol. The third-order valence-corrected chi connectivity index (χ3v) is 5.47. The van der Waals surface area contributed by atoms with E-state index in [0.717, 1.165) is 29.8 Å². The summed E-state index contributed by atoms with van der Waals surface area (Å²) in [5.41, 5.74) is 10.8. The molecule has 8 nitrogen and oxygen atoms in total. The van der Waals surface area contributed by atoms with E-state index in [0.29, 0.717) is 44.0 Å². The molecule has 1 atom stereocenters. The normalized spacial score (nSPS) is 18.7. The summed E-state index contributed by atoms with van der Waals surface area (Å²) in [7, 11) is 3.38. The van der Waals surface area contributed by atoms with E-state index in [1.807, 2.05) is 0 Å². The molecule has 1 saturated carbocycles. The molecule has 2 aromatic heterocycles. The minimum Gasteiger partial charge on any atom is -0.383 e. The van der Waals surface area contributed by atoms with E-state index in [1.165, 1.54) is 18.5 Å². The van der Waals surface area contributed by atoms with Crippen molar-refractivity contribution in [2.75, 3.05) is 51.2 Å². The van der Waals surface area contributed by atoms with Crippen molar-refractivity contribution in [1.82, 2.24) is 20.2 Å². The molecule has 4 rings (SSSR count). The highest BCUT2D eigenvalue weighted by molar-refractivity contribution is 5.54. The number of methoxy groups -OCH3 is 2. The molecule has 146 valence electrons. The van der Waals surface area contributed by atoms with Crippen molar-refractivity contribution in [2.24, 2.45) is 0 Å². The van der Waals surface area contributed by atoms with Crippen LogP contribution in [0.4, 0.5) is 11.8 Å². The van der Waals surface area contributed by atoms with Gasteiger partial charge in [0.15, 0.2) is 0 Å². The molecule has 0 bridgehead atoms. The van der Waals surface area contributed by atoms with Crippen LogP contribution >= 0.6 is 0 Å². The second kappa shape index (κ2) is 7.82. The number of nitrogen functional groups attached to an aromatic ring is 1. The number of nitrogens with zero attached hydrogens (tertiary/aromatic N) is 4. The molecule has 0 radical (unpaired) electrons. The third kappa shape index (κ3) is 3.77. The number of hydrogen-bond acceptors (Lipinski definition) is 7. The van der Waals surface area contributed by atoms with Crippen LogP contribution in [0.15, 0.2) is 6.07 Å². The van der Waals surface area contributed by atoms with Crippen LogP contribution in [-0.4, -0.2) is 60.7 Å². The molecule has 1 fully saturated rings. The first kappa shape index (κ1) is 18.2. The summed E-state index contributed by atoms with van der Waals surface area (Å²) in [5.74, 6) is 2.07. The number of aryl methyl sites for hydroxylation is 1. The number of H-pyrrole nitrogens is 1. The standard InChI is InChI=1S/C19H28N6O2/c1-26-9-7-25(8-10-27-2)19-21-14-6-5-13(17(14)18(20)22-19)16-11-15(23-24-16)12-3-4-12/h11-13H,3-10H2,1-2H3,(H,23,24)(H2,20,21,22). The number of fused-ring (bicyclic) bond motifs is 1. The lowest BCUT2D eigenvalue weighted by Gasteiger charge is -2.23. The van der Waals surface area contributed by atoms with E-state index in [2.05, 4.69) is 26.1 Å². The van der Waals surface area contributed by atoms with Gasteiger partial charge in [-0.1, -0.05) is 0 Å². The van der Waals surface area contributed by atoms with Crippen LogP contribution in [0, 0.1) is 0 Å². The van der Waals surface area contributed by atoms with Crippen LogP contribution in [0.25, 0.3) is 0 Å². The summed E-state index contributed by atoms with van der Waals surface area (Å²) < 4.78 is 10.4. The van der Waals surface area contributed by atoms with Crippen molar-refractivity contribution in [1.29, 1.82) is 0 Å². The molecule has 0 aliphatic heterocycles. The lowest BCUT2D eigenvalue weighted by Crippen LogP contribution is -2.32. The first-order valence-corrected chi connectivity index (χ1v) is 9.65. The molecule has 2 aliphatic carbocycles. The lowest BCUT2D eigenvalue weighted by molar-refractivity contribution is 0.189. The van der Waals surface area contributed by atoms with Crippen LogP contribution < -0.4 is 10.6 Å². The zero-order valence-corrected chi connectivity index (χ0v) is 16.1. The number of anilines is 2. The first-order valence-electron chi connectivity index (χ1n) is 9.65. The Kier molecular flexibility index (Phi) is 5.27. The Hall–Kier alpha value is -2.19. The van der Waals surface area contributed by atoms with Crippen LogP contribution in [0.3, 0.4) is 0 Å². The van der Waals surface area contributed by atoms with Crippen LogP contribution in [0.2, 0.25) is 0 Å². The van der Waals surface area contributed by atoms with Gasteiger partial charge in [0, 0.05) is 50.4 Å². The fourth-order valence-electron chi connectivity index (χ4n) is 3.80. The number of nitrogens with one attached hydrogen (secondary N) is 1. The van der Waals surface area contributed by atoms with E-state index in [9.17, 15) is 0 Å². The van der Waals surface area contributed by atoms with E-state index in [4.69, 9.17) is 20.2 Å². The van der Waals surface area contributed by atoms with Gasteiger partial charge in [0.2, 0.25) is 5.95 Å². The maximum Gasteiger partial charge on any atom is 0.227 e. The highest BCUT2D eigenvalue weighted by Crippen LogP contribution is 2.43. The van der Waals surface area contributed by atoms with E-state index in [1.54, 1.807) is 14.2 Å². The zero-order chi connectivity index (χ0) is 18.8. The average Bonchev–Trinajstić information content (AvgIpc) is 3.24. The molecular weight excluding hydrogens is 344 g/mol. The molecule has 1 unspecified atom stereocenters. The number of aromatic amines is 1. The van der Waals surface area contributed by atoms with Crippen LogP contribution in [-0.2, 0) is 15.9 Å². The Morgan fingerprint density at radius 2 is 1.89 bits per heavy atom. The van der Waals surface area contributed by atoms with Crippen molar-refractivity contribution < 1.29 is 9.47 Å². The highest BCUT2D eigenvalue weighted by atomic mass is 16.5.